The first-order valence-electron chi connectivity index (χ1n) is 6.73. The van der Waals surface area contributed by atoms with Crippen molar-refractivity contribution in [1.82, 2.24) is 9.80 Å². The number of nitrogens with zero attached hydrogens (tertiary/aromatic N) is 2. The molecule has 0 saturated heterocycles. The zero-order chi connectivity index (χ0) is 13.5. The lowest BCUT2D eigenvalue weighted by molar-refractivity contribution is 0.204. The van der Waals surface area contributed by atoms with Crippen LogP contribution in [-0.4, -0.2) is 50.1 Å². The molecule has 0 aliphatic carbocycles. The maximum absolute atomic E-state index is 5.98. The molecule has 0 amide bonds. The minimum absolute atomic E-state index is 0.385. The second kappa shape index (κ2) is 7.89. The lowest BCUT2D eigenvalue weighted by atomic mass is 10.2. The van der Waals surface area contributed by atoms with Gasteiger partial charge in [-0.2, -0.15) is 0 Å². The van der Waals surface area contributed by atoms with E-state index < -0.39 is 0 Å². The van der Waals surface area contributed by atoms with Gasteiger partial charge in [-0.3, -0.25) is 4.90 Å². The lowest BCUT2D eigenvalue weighted by Crippen LogP contribution is -2.35. The van der Waals surface area contributed by atoms with E-state index in [1.165, 1.54) is 16.2 Å². The topological polar surface area (TPSA) is 32.5 Å². The maximum atomic E-state index is 5.98. The highest BCUT2D eigenvalue weighted by Gasteiger charge is 2.18. The highest BCUT2D eigenvalue weighted by atomic mass is 32.1. The molecular formula is C14H27N3S. The van der Waals surface area contributed by atoms with Crippen molar-refractivity contribution in [3.05, 3.63) is 21.9 Å². The molecule has 4 heteroatoms. The van der Waals surface area contributed by atoms with Gasteiger partial charge >= 0.3 is 0 Å². The average Bonchev–Trinajstić information content (AvgIpc) is 2.74. The normalized spacial score (nSPS) is 13.5. The zero-order valence-electron chi connectivity index (χ0n) is 12.1. The summed E-state index contributed by atoms with van der Waals surface area (Å²) in [6.45, 7) is 8.40. The molecule has 0 aliphatic heterocycles. The largest absolute Gasteiger partial charge is 0.329 e. The Labute approximate surface area is 116 Å². The summed E-state index contributed by atoms with van der Waals surface area (Å²) in [5.74, 6) is 0. The molecule has 0 aliphatic rings. The highest BCUT2D eigenvalue weighted by molar-refractivity contribution is 7.12. The van der Waals surface area contributed by atoms with Crippen LogP contribution in [0, 0.1) is 6.92 Å². The molecule has 3 nitrogen and oxygen atoms in total. The van der Waals surface area contributed by atoms with Gasteiger partial charge in [0, 0.05) is 22.8 Å². The van der Waals surface area contributed by atoms with Crippen LogP contribution in [-0.2, 0) is 0 Å². The molecule has 104 valence electrons. The Balaban J connectivity index is 2.60. The van der Waals surface area contributed by atoms with E-state index in [1.807, 2.05) is 11.3 Å². The Kier molecular flexibility index (Phi) is 6.86. The monoisotopic (exact) mass is 269 g/mol. The first-order valence-corrected chi connectivity index (χ1v) is 7.55. The van der Waals surface area contributed by atoms with Crippen LogP contribution in [0.1, 0.15) is 29.1 Å². The van der Waals surface area contributed by atoms with Gasteiger partial charge < -0.3 is 10.6 Å². The molecule has 2 N–H and O–H groups in total. The third-order valence-electron chi connectivity index (χ3n) is 3.21. The first-order chi connectivity index (χ1) is 8.58. The van der Waals surface area contributed by atoms with E-state index in [-0.39, 0.29) is 0 Å². The van der Waals surface area contributed by atoms with Crippen molar-refractivity contribution >= 4 is 11.3 Å². The Morgan fingerprint density at radius 2 is 2.00 bits per heavy atom. The van der Waals surface area contributed by atoms with E-state index in [0.717, 1.165) is 19.6 Å². The van der Waals surface area contributed by atoms with E-state index in [2.05, 4.69) is 49.9 Å². The molecule has 18 heavy (non-hydrogen) atoms. The van der Waals surface area contributed by atoms with Gasteiger partial charge in [0.1, 0.15) is 0 Å². The quantitative estimate of drug-likeness (QED) is 0.786. The molecule has 0 aromatic carbocycles. The van der Waals surface area contributed by atoms with Crippen LogP contribution in [0.3, 0.4) is 0 Å². The van der Waals surface area contributed by atoms with Gasteiger partial charge in [0.15, 0.2) is 0 Å². The first kappa shape index (κ1) is 15.6. The summed E-state index contributed by atoms with van der Waals surface area (Å²) >= 11 is 1.87. The maximum Gasteiger partial charge on any atom is 0.0564 e. The molecular weight excluding hydrogens is 242 g/mol. The van der Waals surface area contributed by atoms with Crippen LogP contribution >= 0.6 is 11.3 Å². The molecule has 1 rings (SSSR count). The van der Waals surface area contributed by atoms with Crippen molar-refractivity contribution in [2.75, 3.05) is 40.3 Å². The van der Waals surface area contributed by atoms with E-state index in [9.17, 15) is 0 Å². The van der Waals surface area contributed by atoms with Crippen molar-refractivity contribution in [2.45, 2.75) is 26.3 Å². The Bertz CT molecular complexity index is 336. The fourth-order valence-corrected chi connectivity index (χ4v) is 3.23. The summed E-state index contributed by atoms with van der Waals surface area (Å²) in [7, 11) is 4.25. The number of rotatable bonds is 8. The van der Waals surface area contributed by atoms with E-state index in [4.69, 9.17) is 5.73 Å². The molecule has 1 aromatic rings. The smallest absolute Gasteiger partial charge is 0.0564 e. The Morgan fingerprint density at radius 3 is 2.44 bits per heavy atom. The van der Waals surface area contributed by atoms with E-state index in [1.54, 1.807) is 0 Å². The summed E-state index contributed by atoms with van der Waals surface area (Å²) in [4.78, 5) is 7.50. The van der Waals surface area contributed by atoms with Gasteiger partial charge in [-0.1, -0.05) is 6.92 Å². The number of thiophene rings is 1. The van der Waals surface area contributed by atoms with Crippen LogP contribution in [0.25, 0.3) is 0 Å². The van der Waals surface area contributed by atoms with Crippen molar-refractivity contribution in [3.63, 3.8) is 0 Å². The van der Waals surface area contributed by atoms with Gasteiger partial charge in [-0.05, 0) is 52.7 Å². The van der Waals surface area contributed by atoms with Crippen molar-refractivity contribution in [3.8, 4) is 0 Å². The molecule has 1 atom stereocenters. The second-order valence-electron chi connectivity index (χ2n) is 4.99. The Morgan fingerprint density at radius 1 is 1.28 bits per heavy atom. The van der Waals surface area contributed by atoms with Gasteiger partial charge in [0.2, 0.25) is 0 Å². The number of likely N-dealkylation sites (N-methyl/N-ethyl adjacent to an activating group) is 1. The second-order valence-corrected chi connectivity index (χ2v) is 6.30. The van der Waals surface area contributed by atoms with Crippen LogP contribution < -0.4 is 5.73 Å². The Hall–Kier alpha value is -0.420. The van der Waals surface area contributed by atoms with E-state index >= 15 is 0 Å². The fourth-order valence-electron chi connectivity index (χ4n) is 2.20. The third-order valence-corrected chi connectivity index (χ3v) is 4.31. The highest BCUT2D eigenvalue weighted by Crippen LogP contribution is 2.26. The molecule has 1 heterocycles. The number of aryl methyl sites for hydroxylation is 1. The zero-order valence-corrected chi connectivity index (χ0v) is 13.0. The van der Waals surface area contributed by atoms with Gasteiger partial charge in [-0.15, -0.1) is 11.3 Å². The standard InChI is InChI=1S/C14H27N3S/c1-5-17(10-6-9-16(3)4)13(11-15)14-8-7-12(2)18-14/h7-8,13H,5-6,9-11,15H2,1-4H3. The van der Waals surface area contributed by atoms with E-state index in [0.29, 0.717) is 12.6 Å². The summed E-state index contributed by atoms with van der Waals surface area (Å²) in [6, 6.07) is 4.80. The minimum atomic E-state index is 0.385. The molecule has 0 spiro atoms. The van der Waals surface area contributed by atoms with Gasteiger partial charge in [-0.25, -0.2) is 0 Å². The molecule has 0 saturated carbocycles. The fraction of sp³-hybridized carbons (Fsp3) is 0.714. The average molecular weight is 269 g/mol. The van der Waals surface area contributed by atoms with Crippen LogP contribution in [0.5, 0.6) is 0 Å². The lowest BCUT2D eigenvalue weighted by Gasteiger charge is -2.29. The van der Waals surface area contributed by atoms with Crippen LogP contribution in [0.4, 0.5) is 0 Å². The SMILES string of the molecule is CCN(CCCN(C)C)C(CN)c1ccc(C)s1. The third kappa shape index (κ3) is 4.69. The van der Waals surface area contributed by atoms with Crippen molar-refractivity contribution < 1.29 is 0 Å². The molecule has 0 bridgehead atoms. The van der Waals surface area contributed by atoms with Gasteiger partial charge in [0.25, 0.3) is 0 Å². The predicted octanol–water partition coefficient (Wildman–Crippen LogP) is 2.33. The molecule has 0 fully saturated rings. The number of hydrogen-bond donors (Lipinski definition) is 1. The minimum Gasteiger partial charge on any atom is -0.329 e. The van der Waals surface area contributed by atoms with Gasteiger partial charge in [0.05, 0.1) is 6.04 Å². The summed E-state index contributed by atoms with van der Waals surface area (Å²) in [6.07, 6.45) is 1.20. The van der Waals surface area contributed by atoms with Crippen molar-refractivity contribution in [1.29, 1.82) is 0 Å². The number of hydrogen-bond acceptors (Lipinski definition) is 4. The summed E-state index contributed by atoms with van der Waals surface area (Å²) in [5.41, 5.74) is 5.98. The van der Waals surface area contributed by atoms with Crippen LogP contribution in [0.2, 0.25) is 0 Å². The number of nitrogens with two attached hydrogens (primary N) is 1. The molecule has 1 aromatic heterocycles. The predicted molar refractivity (Wildman–Crippen MR) is 81.3 cm³/mol. The molecule has 1 unspecified atom stereocenters. The van der Waals surface area contributed by atoms with Crippen molar-refractivity contribution in [2.24, 2.45) is 5.73 Å². The summed E-state index contributed by atoms with van der Waals surface area (Å²) in [5, 5.41) is 0. The molecule has 0 radical (unpaired) electrons. The van der Waals surface area contributed by atoms with Crippen LogP contribution in [0.15, 0.2) is 12.1 Å². The summed E-state index contributed by atoms with van der Waals surface area (Å²) < 4.78 is 0.